The minimum atomic E-state index is -3.65. The maximum atomic E-state index is 12.0. The predicted octanol–water partition coefficient (Wildman–Crippen LogP) is 1.69. The third-order valence-corrected chi connectivity index (χ3v) is 5.02. The Bertz CT molecular complexity index is 645. The van der Waals surface area contributed by atoms with E-state index in [1.54, 1.807) is 23.6 Å². The standard InChI is InChI=1S/C11H9N3O2S2/c12-8-10(9-3-5-13-6-4-9)14-18(15,16)11-2-1-7-17-11/h1-7,10,14H. The van der Waals surface area contributed by atoms with Crippen LogP contribution in [0.3, 0.4) is 0 Å². The number of thiophene rings is 1. The Hall–Kier alpha value is -1.75. The largest absolute Gasteiger partial charge is 0.265 e. The zero-order valence-electron chi connectivity index (χ0n) is 9.15. The Morgan fingerprint density at radius 2 is 2.06 bits per heavy atom. The molecule has 0 amide bonds. The molecule has 1 atom stereocenters. The van der Waals surface area contributed by atoms with Crippen molar-refractivity contribution >= 4 is 21.4 Å². The lowest BCUT2D eigenvalue weighted by Gasteiger charge is -2.10. The minimum absolute atomic E-state index is 0.191. The second kappa shape index (κ2) is 5.27. The first-order valence-corrected chi connectivity index (χ1v) is 7.35. The van der Waals surface area contributed by atoms with E-state index in [1.165, 1.54) is 18.5 Å². The molecule has 5 nitrogen and oxygen atoms in total. The van der Waals surface area contributed by atoms with Gasteiger partial charge in [-0.05, 0) is 29.1 Å². The van der Waals surface area contributed by atoms with Gasteiger partial charge in [0.25, 0.3) is 10.0 Å². The van der Waals surface area contributed by atoms with Crippen LogP contribution in [-0.2, 0) is 10.0 Å². The van der Waals surface area contributed by atoms with Gasteiger partial charge in [0, 0.05) is 12.4 Å². The Balaban J connectivity index is 2.26. The van der Waals surface area contributed by atoms with Crippen molar-refractivity contribution in [3.63, 3.8) is 0 Å². The number of pyridine rings is 1. The minimum Gasteiger partial charge on any atom is -0.265 e. The lowest BCUT2D eigenvalue weighted by atomic mass is 10.1. The van der Waals surface area contributed by atoms with Gasteiger partial charge >= 0.3 is 0 Å². The van der Waals surface area contributed by atoms with Crippen molar-refractivity contribution in [2.24, 2.45) is 0 Å². The molecule has 92 valence electrons. The van der Waals surface area contributed by atoms with Gasteiger partial charge in [0.1, 0.15) is 10.3 Å². The molecular formula is C11H9N3O2S2. The highest BCUT2D eigenvalue weighted by Gasteiger charge is 2.21. The topological polar surface area (TPSA) is 82.9 Å². The Morgan fingerprint density at radius 1 is 1.33 bits per heavy atom. The summed E-state index contributed by atoms with van der Waals surface area (Å²) in [6.45, 7) is 0. The van der Waals surface area contributed by atoms with Crippen molar-refractivity contribution in [2.75, 3.05) is 0 Å². The van der Waals surface area contributed by atoms with Crippen LogP contribution < -0.4 is 4.72 Å². The van der Waals surface area contributed by atoms with Gasteiger partial charge in [-0.2, -0.15) is 9.98 Å². The van der Waals surface area contributed by atoms with Crippen LogP contribution in [0.15, 0.2) is 46.2 Å². The van der Waals surface area contributed by atoms with E-state index in [0.29, 0.717) is 5.56 Å². The first kappa shape index (κ1) is 12.7. The lowest BCUT2D eigenvalue weighted by Crippen LogP contribution is -2.27. The second-order valence-electron chi connectivity index (χ2n) is 3.40. The van der Waals surface area contributed by atoms with Crippen LogP contribution in [0.4, 0.5) is 0 Å². The van der Waals surface area contributed by atoms with Crippen molar-refractivity contribution in [3.8, 4) is 6.07 Å². The molecule has 0 aromatic carbocycles. The highest BCUT2D eigenvalue weighted by atomic mass is 32.2. The van der Waals surface area contributed by atoms with Gasteiger partial charge in [-0.25, -0.2) is 8.42 Å². The van der Waals surface area contributed by atoms with Gasteiger partial charge in [-0.1, -0.05) is 6.07 Å². The number of sulfonamides is 1. The quantitative estimate of drug-likeness (QED) is 0.923. The molecule has 0 saturated carbocycles. The number of nitrogens with one attached hydrogen (secondary N) is 1. The maximum absolute atomic E-state index is 12.0. The van der Waals surface area contributed by atoms with Crippen LogP contribution in [0, 0.1) is 11.3 Å². The molecule has 0 aliphatic heterocycles. The molecule has 7 heteroatoms. The average molecular weight is 279 g/mol. The molecule has 0 aliphatic carbocycles. The molecule has 1 unspecified atom stereocenters. The van der Waals surface area contributed by atoms with Gasteiger partial charge in [0.15, 0.2) is 0 Å². The summed E-state index contributed by atoms with van der Waals surface area (Å²) in [5, 5.41) is 10.7. The third-order valence-electron chi connectivity index (χ3n) is 2.20. The predicted molar refractivity (Wildman–Crippen MR) is 67.2 cm³/mol. The number of rotatable bonds is 4. The molecule has 0 saturated heterocycles. The first-order chi connectivity index (χ1) is 8.63. The van der Waals surface area contributed by atoms with Crippen LogP contribution in [0.2, 0.25) is 0 Å². The molecule has 2 rings (SSSR count). The summed E-state index contributed by atoms with van der Waals surface area (Å²) >= 11 is 1.11. The summed E-state index contributed by atoms with van der Waals surface area (Å²) in [6, 6.07) is 7.35. The summed E-state index contributed by atoms with van der Waals surface area (Å²) in [4.78, 5) is 3.82. The zero-order chi connectivity index (χ0) is 13.0. The molecule has 18 heavy (non-hydrogen) atoms. The lowest BCUT2D eigenvalue weighted by molar-refractivity contribution is 0.577. The summed E-state index contributed by atoms with van der Waals surface area (Å²) in [5.41, 5.74) is 0.563. The molecule has 0 aliphatic rings. The Morgan fingerprint density at radius 3 is 2.61 bits per heavy atom. The van der Waals surface area contributed by atoms with E-state index < -0.39 is 16.1 Å². The fourth-order valence-corrected chi connectivity index (χ4v) is 3.49. The molecule has 0 bridgehead atoms. The molecular weight excluding hydrogens is 270 g/mol. The highest BCUT2D eigenvalue weighted by Crippen LogP contribution is 2.19. The summed E-state index contributed by atoms with van der Waals surface area (Å²) < 4.78 is 26.5. The normalized spacial score (nSPS) is 12.8. The number of hydrogen-bond donors (Lipinski definition) is 1. The van der Waals surface area contributed by atoms with Gasteiger partial charge in [-0.3, -0.25) is 4.98 Å². The van der Waals surface area contributed by atoms with Crippen molar-refractivity contribution in [1.82, 2.24) is 9.71 Å². The second-order valence-corrected chi connectivity index (χ2v) is 6.28. The molecule has 0 radical (unpaired) electrons. The van der Waals surface area contributed by atoms with Crippen molar-refractivity contribution in [2.45, 2.75) is 10.3 Å². The summed E-state index contributed by atoms with van der Waals surface area (Å²) in [7, 11) is -3.65. The van der Waals surface area contributed by atoms with E-state index in [9.17, 15) is 8.42 Å². The Labute approximate surface area is 109 Å². The molecule has 2 aromatic heterocycles. The third kappa shape index (κ3) is 2.73. The zero-order valence-corrected chi connectivity index (χ0v) is 10.8. The molecule has 2 aromatic rings. The van der Waals surface area contributed by atoms with E-state index in [4.69, 9.17) is 5.26 Å². The fourth-order valence-electron chi connectivity index (χ4n) is 1.35. The maximum Gasteiger partial charge on any atom is 0.251 e. The highest BCUT2D eigenvalue weighted by molar-refractivity contribution is 7.91. The fraction of sp³-hybridized carbons (Fsp3) is 0.0909. The number of nitrogens with zero attached hydrogens (tertiary/aromatic N) is 2. The average Bonchev–Trinajstić information content (AvgIpc) is 2.92. The SMILES string of the molecule is N#CC(NS(=O)(=O)c1cccs1)c1ccncc1. The molecule has 1 N–H and O–H groups in total. The Kier molecular flexibility index (Phi) is 3.72. The first-order valence-electron chi connectivity index (χ1n) is 4.99. The monoisotopic (exact) mass is 279 g/mol. The van der Waals surface area contributed by atoms with Crippen LogP contribution in [0.5, 0.6) is 0 Å². The molecule has 0 spiro atoms. The molecule has 2 heterocycles. The number of nitriles is 1. The van der Waals surface area contributed by atoms with E-state index in [0.717, 1.165) is 11.3 Å². The van der Waals surface area contributed by atoms with E-state index in [-0.39, 0.29) is 4.21 Å². The van der Waals surface area contributed by atoms with Crippen LogP contribution >= 0.6 is 11.3 Å². The smallest absolute Gasteiger partial charge is 0.251 e. The summed E-state index contributed by atoms with van der Waals surface area (Å²) in [5.74, 6) is 0. The van der Waals surface area contributed by atoms with E-state index in [1.807, 2.05) is 6.07 Å². The van der Waals surface area contributed by atoms with E-state index in [2.05, 4.69) is 9.71 Å². The van der Waals surface area contributed by atoms with Crippen molar-refractivity contribution in [3.05, 3.63) is 47.6 Å². The van der Waals surface area contributed by atoms with Gasteiger partial charge in [0.2, 0.25) is 0 Å². The van der Waals surface area contributed by atoms with Crippen LogP contribution in [0.25, 0.3) is 0 Å². The van der Waals surface area contributed by atoms with Gasteiger partial charge in [-0.15, -0.1) is 11.3 Å². The van der Waals surface area contributed by atoms with Crippen LogP contribution in [-0.4, -0.2) is 13.4 Å². The van der Waals surface area contributed by atoms with Crippen molar-refractivity contribution < 1.29 is 8.42 Å². The van der Waals surface area contributed by atoms with Gasteiger partial charge in [0.05, 0.1) is 6.07 Å². The van der Waals surface area contributed by atoms with E-state index >= 15 is 0 Å². The number of aromatic nitrogens is 1. The van der Waals surface area contributed by atoms with Crippen molar-refractivity contribution in [1.29, 1.82) is 5.26 Å². The van der Waals surface area contributed by atoms with Crippen LogP contribution in [0.1, 0.15) is 11.6 Å². The van der Waals surface area contributed by atoms with Gasteiger partial charge < -0.3 is 0 Å². The summed E-state index contributed by atoms with van der Waals surface area (Å²) in [6.07, 6.45) is 3.03. The number of hydrogen-bond acceptors (Lipinski definition) is 5. The molecule has 0 fully saturated rings.